The molecule has 1 aromatic heterocycles. The van der Waals surface area contributed by atoms with E-state index in [-0.39, 0.29) is 0 Å². The standard InChI is InChI=1S/C7H11N2P/c10-5-4-8-6-7-2-1-3-9-7/h1-3,6,9H,4-5,10H2. The van der Waals surface area contributed by atoms with Gasteiger partial charge in [-0.1, -0.05) is 0 Å². The van der Waals surface area contributed by atoms with E-state index in [4.69, 9.17) is 0 Å². The Labute approximate surface area is 63.0 Å². The number of nitrogens with one attached hydrogen (secondary N) is 1. The third kappa shape index (κ3) is 2.32. The minimum absolute atomic E-state index is 0.879. The molecule has 0 bridgehead atoms. The number of H-pyrrole nitrogens is 1. The summed E-state index contributed by atoms with van der Waals surface area (Å²) in [6.07, 6.45) is 4.77. The van der Waals surface area contributed by atoms with Crippen LogP contribution in [0.15, 0.2) is 23.3 Å². The third-order valence-electron chi connectivity index (χ3n) is 1.11. The Balaban J connectivity index is 2.40. The van der Waals surface area contributed by atoms with Gasteiger partial charge in [0.1, 0.15) is 0 Å². The molecule has 0 aliphatic heterocycles. The lowest BCUT2D eigenvalue weighted by atomic mass is 10.5. The topological polar surface area (TPSA) is 28.1 Å². The average molecular weight is 154 g/mol. The highest BCUT2D eigenvalue weighted by Gasteiger charge is 1.82. The lowest BCUT2D eigenvalue weighted by molar-refractivity contribution is 1.15. The molecule has 1 aromatic rings. The number of aromatic nitrogens is 1. The highest BCUT2D eigenvalue weighted by molar-refractivity contribution is 7.16. The zero-order valence-corrected chi connectivity index (χ0v) is 6.90. The molecule has 0 saturated heterocycles. The zero-order valence-electron chi connectivity index (χ0n) is 5.75. The van der Waals surface area contributed by atoms with Gasteiger partial charge in [-0.3, -0.25) is 4.99 Å². The van der Waals surface area contributed by atoms with E-state index in [1.165, 1.54) is 0 Å². The van der Waals surface area contributed by atoms with Crippen molar-refractivity contribution >= 4 is 15.5 Å². The lowest BCUT2D eigenvalue weighted by Gasteiger charge is -1.84. The number of aromatic amines is 1. The maximum Gasteiger partial charge on any atom is 0.0561 e. The Kier molecular flexibility index (Phi) is 3.17. The van der Waals surface area contributed by atoms with E-state index in [0.29, 0.717) is 0 Å². The molecule has 0 aliphatic carbocycles. The molecule has 1 heterocycles. The average Bonchev–Trinajstić information content (AvgIpc) is 2.41. The van der Waals surface area contributed by atoms with Gasteiger partial charge in [-0.05, 0) is 18.3 Å². The molecular weight excluding hydrogens is 143 g/mol. The SMILES string of the molecule is PCCN=Cc1ccc[nH]1. The minimum Gasteiger partial charge on any atom is -0.360 e. The number of hydrogen-bond donors (Lipinski definition) is 1. The van der Waals surface area contributed by atoms with Crippen LogP contribution in [-0.2, 0) is 0 Å². The summed E-state index contributed by atoms with van der Waals surface area (Å²) in [6, 6.07) is 3.95. The van der Waals surface area contributed by atoms with Gasteiger partial charge < -0.3 is 4.98 Å². The molecule has 1 N–H and O–H groups in total. The second kappa shape index (κ2) is 4.24. The van der Waals surface area contributed by atoms with Crippen molar-refractivity contribution in [2.24, 2.45) is 4.99 Å². The fraction of sp³-hybridized carbons (Fsp3) is 0.286. The fourth-order valence-corrected chi connectivity index (χ4v) is 0.811. The van der Waals surface area contributed by atoms with E-state index in [1.54, 1.807) is 0 Å². The lowest BCUT2D eigenvalue weighted by Crippen LogP contribution is -1.83. The summed E-state index contributed by atoms with van der Waals surface area (Å²) >= 11 is 0. The van der Waals surface area contributed by atoms with E-state index >= 15 is 0 Å². The van der Waals surface area contributed by atoms with Crippen LogP contribution in [0.5, 0.6) is 0 Å². The number of nitrogens with zero attached hydrogens (tertiary/aromatic N) is 1. The van der Waals surface area contributed by atoms with Gasteiger partial charge in [0, 0.05) is 19.0 Å². The van der Waals surface area contributed by atoms with E-state index in [9.17, 15) is 0 Å². The number of rotatable bonds is 3. The van der Waals surface area contributed by atoms with Gasteiger partial charge in [0.15, 0.2) is 0 Å². The monoisotopic (exact) mass is 154 g/mol. The second-order valence-electron chi connectivity index (χ2n) is 1.95. The fourth-order valence-electron chi connectivity index (χ4n) is 0.662. The molecule has 2 nitrogen and oxygen atoms in total. The minimum atomic E-state index is 0.879. The van der Waals surface area contributed by atoms with Crippen molar-refractivity contribution in [3.05, 3.63) is 24.0 Å². The van der Waals surface area contributed by atoms with Crippen molar-refractivity contribution in [2.75, 3.05) is 12.7 Å². The van der Waals surface area contributed by atoms with Gasteiger partial charge in [-0.25, -0.2) is 0 Å². The van der Waals surface area contributed by atoms with Crippen molar-refractivity contribution in [3.63, 3.8) is 0 Å². The van der Waals surface area contributed by atoms with Crippen molar-refractivity contribution in [1.82, 2.24) is 4.98 Å². The van der Waals surface area contributed by atoms with E-state index in [1.807, 2.05) is 24.5 Å². The van der Waals surface area contributed by atoms with Crippen LogP contribution in [0, 0.1) is 0 Å². The van der Waals surface area contributed by atoms with Crippen LogP contribution >= 0.6 is 9.24 Å². The number of aliphatic imine (C=N–C) groups is 1. The van der Waals surface area contributed by atoms with E-state index in [0.717, 1.165) is 18.4 Å². The van der Waals surface area contributed by atoms with Crippen LogP contribution in [0.2, 0.25) is 0 Å². The molecule has 0 aliphatic rings. The molecule has 0 aromatic carbocycles. The quantitative estimate of drug-likeness (QED) is 0.502. The van der Waals surface area contributed by atoms with Crippen molar-refractivity contribution in [1.29, 1.82) is 0 Å². The molecule has 10 heavy (non-hydrogen) atoms. The molecule has 0 amide bonds. The normalized spacial score (nSPS) is 10.9. The summed E-state index contributed by atoms with van der Waals surface area (Å²) in [7, 11) is 2.64. The third-order valence-corrected chi connectivity index (χ3v) is 1.37. The molecule has 0 fully saturated rings. The molecule has 1 unspecified atom stereocenters. The van der Waals surface area contributed by atoms with Crippen LogP contribution < -0.4 is 0 Å². The van der Waals surface area contributed by atoms with Gasteiger partial charge in [-0.2, -0.15) is 0 Å². The van der Waals surface area contributed by atoms with Gasteiger partial charge in [0.2, 0.25) is 0 Å². The van der Waals surface area contributed by atoms with Crippen molar-refractivity contribution in [2.45, 2.75) is 0 Å². The molecule has 0 saturated carbocycles. The molecule has 1 rings (SSSR count). The molecule has 0 radical (unpaired) electrons. The Morgan fingerprint density at radius 2 is 2.60 bits per heavy atom. The predicted octanol–water partition coefficient (Wildman–Crippen LogP) is 1.31. The summed E-state index contributed by atoms with van der Waals surface area (Å²) in [5.41, 5.74) is 1.07. The predicted molar refractivity (Wildman–Crippen MR) is 47.8 cm³/mol. The van der Waals surface area contributed by atoms with Gasteiger partial charge in [0.25, 0.3) is 0 Å². The second-order valence-corrected chi connectivity index (χ2v) is 2.53. The van der Waals surface area contributed by atoms with Gasteiger partial charge >= 0.3 is 0 Å². The van der Waals surface area contributed by atoms with Crippen LogP contribution in [0.3, 0.4) is 0 Å². The van der Waals surface area contributed by atoms with Crippen LogP contribution in [0.25, 0.3) is 0 Å². The summed E-state index contributed by atoms with van der Waals surface area (Å²) in [5, 5.41) is 0. The number of hydrogen-bond acceptors (Lipinski definition) is 1. The summed E-state index contributed by atoms with van der Waals surface area (Å²) in [4.78, 5) is 7.20. The van der Waals surface area contributed by atoms with Gasteiger partial charge in [0.05, 0.1) is 5.69 Å². The van der Waals surface area contributed by atoms with Gasteiger partial charge in [-0.15, -0.1) is 9.24 Å². The summed E-state index contributed by atoms with van der Waals surface area (Å²) in [6.45, 7) is 0.879. The first kappa shape index (κ1) is 7.49. The molecule has 54 valence electrons. The van der Waals surface area contributed by atoms with E-state index < -0.39 is 0 Å². The Bertz CT molecular complexity index is 191. The van der Waals surface area contributed by atoms with Crippen LogP contribution in [-0.4, -0.2) is 23.9 Å². The van der Waals surface area contributed by atoms with Crippen LogP contribution in [0.4, 0.5) is 0 Å². The highest BCUT2D eigenvalue weighted by atomic mass is 31.0. The first-order valence-corrected chi connectivity index (χ1v) is 4.08. The maximum absolute atomic E-state index is 4.16. The van der Waals surface area contributed by atoms with Crippen molar-refractivity contribution < 1.29 is 0 Å². The Hall–Kier alpha value is -0.620. The summed E-state index contributed by atoms with van der Waals surface area (Å²) in [5.74, 6) is 0. The van der Waals surface area contributed by atoms with Crippen LogP contribution in [0.1, 0.15) is 5.69 Å². The highest BCUT2D eigenvalue weighted by Crippen LogP contribution is 1.89. The smallest absolute Gasteiger partial charge is 0.0561 e. The molecular formula is C7H11N2P. The largest absolute Gasteiger partial charge is 0.360 e. The zero-order chi connectivity index (χ0) is 7.23. The first-order chi connectivity index (χ1) is 4.93. The first-order valence-electron chi connectivity index (χ1n) is 3.27. The maximum atomic E-state index is 4.16. The van der Waals surface area contributed by atoms with E-state index in [2.05, 4.69) is 19.2 Å². The molecule has 3 heteroatoms. The Morgan fingerprint density at radius 1 is 1.70 bits per heavy atom. The Morgan fingerprint density at radius 3 is 3.20 bits per heavy atom. The molecule has 1 atom stereocenters. The molecule has 0 spiro atoms. The summed E-state index contributed by atoms with van der Waals surface area (Å²) < 4.78 is 0. The van der Waals surface area contributed by atoms with Crippen molar-refractivity contribution in [3.8, 4) is 0 Å².